The molecule has 3 aromatic carbocycles. The number of hydrogen-bond donors (Lipinski definition) is 2. The van der Waals surface area contributed by atoms with Crippen LogP contribution in [0.25, 0.3) is 0 Å². The molecule has 0 amide bonds. The summed E-state index contributed by atoms with van der Waals surface area (Å²) in [6.07, 6.45) is 7.15. The number of Topliss-reactive ketones (excluding diaryl/α,β-unsaturated/α-hetero) is 3. The predicted octanol–water partition coefficient (Wildman–Crippen LogP) is 9.87. The molecule has 241 valence electrons. The Bertz CT molecular complexity index is 1360. The van der Waals surface area contributed by atoms with Crippen molar-refractivity contribution >= 4 is 84.5 Å². The third-order valence-corrected chi connectivity index (χ3v) is 8.00. The molecule has 0 unspecified atom stereocenters. The maximum atomic E-state index is 11.4. The summed E-state index contributed by atoms with van der Waals surface area (Å²) >= 11 is 13.8. The van der Waals surface area contributed by atoms with Crippen molar-refractivity contribution in [1.29, 1.82) is 0 Å². The molecule has 0 aliphatic heterocycles. The Labute approximate surface area is 298 Å². The fraction of sp³-hybridized carbons (Fsp3) is 0.364. The molecular formula is C33H37BBr4CuO5. The third-order valence-electron chi connectivity index (χ3n) is 7.00. The van der Waals surface area contributed by atoms with Crippen LogP contribution < -0.4 is 0 Å². The van der Waals surface area contributed by atoms with E-state index in [1.165, 1.54) is 48.2 Å². The summed E-state index contributed by atoms with van der Waals surface area (Å²) in [6.45, 7) is 3.17. The molecule has 3 aliphatic rings. The average molecular weight is 908 g/mol. The number of benzene rings is 3. The first-order valence-corrected chi connectivity index (χ1v) is 20.8. The summed E-state index contributed by atoms with van der Waals surface area (Å²) < 4.78 is 0.945. The summed E-state index contributed by atoms with van der Waals surface area (Å²) in [5.41, 5.74) is 5.09. The number of hydrogen-bond acceptors (Lipinski definition) is 5. The monoisotopic (exact) mass is 903 g/mol. The Kier molecular flexibility index (Phi) is 18.8. The average Bonchev–Trinajstić information content (AvgIpc) is 3.87. The molecule has 0 saturated heterocycles. The van der Waals surface area contributed by atoms with Crippen molar-refractivity contribution in [2.24, 2.45) is 0 Å². The maximum absolute atomic E-state index is 11.4. The summed E-state index contributed by atoms with van der Waals surface area (Å²) in [5.74, 6) is 2.11. The van der Waals surface area contributed by atoms with E-state index in [-0.39, 0.29) is 23.2 Å². The zero-order valence-electron chi connectivity index (χ0n) is 24.6. The summed E-state index contributed by atoms with van der Waals surface area (Å²) in [4.78, 5) is 33.2. The number of halogens is 4. The van der Waals surface area contributed by atoms with Crippen LogP contribution in [0.15, 0.2) is 77.3 Å². The molecule has 0 spiro atoms. The first-order valence-electron chi connectivity index (χ1n) is 14.2. The Balaban J connectivity index is 0.000000204. The molecule has 3 aromatic rings. The van der Waals surface area contributed by atoms with Crippen LogP contribution in [0.2, 0.25) is 5.82 Å². The van der Waals surface area contributed by atoms with E-state index in [0.717, 1.165) is 45.8 Å². The van der Waals surface area contributed by atoms with Gasteiger partial charge in [0.1, 0.15) is 0 Å². The third kappa shape index (κ3) is 16.1. The van der Waals surface area contributed by atoms with Crippen LogP contribution >= 0.6 is 60.1 Å². The van der Waals surface area contributed by atoms with Gasteiger partial charge < -0.3 is 10.0 Å². The van der Waals surface area contributed by atoms with Crippen LogP contribution in [0.4, 0.5) is 0 Å². The van der Waals surface area contributed by atoms with Crippen LogP contribution in [0.1, 0.15) is 106 Å². The van der Waals surface area contributed by atoms with Gasteiger partial charge in [0.15, 0.2) is 17.3 Å². The number of carbonyl (C=O) groups excluding carboxylic acids is 3. The molecule has 0 atom stereocenters. The fourth-order valence-corrected chi connectivity index (χ4v) is 4.71. The van der Waals surface area contributed by atoms with Gasteiger partial charge in [-0.25, -0.2) is 0 Å². The van der Waals surface area contributed by atoms with Crippen molar-refractivity contribution in [3.05, 3.63) is 105 Å². The number of ketones is 3. The molecule has 44 heavy (non-hydrogen) atoms. The van der Waals surface area contributed by atoms with Gasteiger partial charge in [-0.1, -0.05) is 93.2 Å². The first kappa shape index (κ1) is 39.3. The minimum atomic E-state index is -1.04. The van der Waals surface area contributed by atoms with Gasteiger partial charge in [0.05, 0.1) is 5.33 Å². The second kappa shape index (κ2) is 21.1. The minimum absolute atomic E-state index is 0.0984. The van der Waals surface area contributed by atoms with Crippen molar-refractivity contribution in [3.8, 4) is 0 Å². The van der Waals surface area contributed by atoms with Gasteiger partial charge >= 0.3 is 46.7 Å². The summed E-state index contributed by atoms with van der Waals surface area (Å²) in [6, 6.07) is 23.4. The van der Waals surface area contributed by atoms with Crippen molar-refractivity contribution in [1.82, 2.24) is 0 Å². The van der Waals surface area contributed by atoms with Gasteiger partial charge in [-0.2, -0.15) is 0 Å². The van der Waals surface area contributed by atoms with Crippen LogP contribution in [-0.2, 0) is 11.3 Å². The zero-order chi connectivity index (χ0) is 32.6. The van der Waals surface area contributed by atoms with E-state index in [2.05, 4.69) is 72.2 Å². The van der Waals surface area contributed by atoms with Crippen molar-refractivity contribution in [2.45, 2.75) is 70.0 Å². The predicted molar refractivity (Wildman–Crippen MR) is 190 cm³/mol. The molecule has 3 aliphatic carbocycles. The molecule has 6 rings (SSSR count). The second-order valence-corrected chi connectivity index (χ2v) is 17.0. The number of alkyl halides is 1. The fourth-order valence-electron chi connectivity index (χ4n) is 3.99. The van der Waals surface area contributed by atoms with Crippen molar-refractivity contribution in [3.63, 3.8) is 0 Å². The van der Waals surface area contributed by atoms with Gasteiger partial charge in [-0.3, -0.25) is 14.4 Å². The Morgan fingerprint density at radius 2 is 1.14 bits per heavy atom. The molecule has 0 bridgehead atoms. The van der Waals surface area contributed by atoms with Gasteiger partial charge in [-0.05, 0) is 92.6 Å². The van der Waals surface area contributed by atoms with Crippen LogP contribution in [0, 0.1) is 0 Å². The van der Waals surface area contributed by atoms with Gasteiger partial charge in [0, 0.05) is 21.2 Å². The van der Waals surface area contributed by atoms with Gasteiger partial charge in [0.2, 0.25) is 0 Å². The molecule has 0 radical (unpaired) electrons. The molecule has 0 heterocycles. The SMILES string of the molecule is CC(=O)c1cccc(Br)c1.CC(=O)c1cccc(C2CC2)c1.O=C(CBr)c1cccc(C2CC2)c1.OB(O)C1CC1.[Br][Cu][Br]. The molecule has 5 nitrogen and oxygen atoms in total. The van der Waals surface area contributed by atoms with Gasteiger partial charge in [-0.15, -0.1) is 0 Å². The van der Waals surface area contributed by atoms with Crippen molar-refractivity contribution < 1.29 is 35.8 Å². The second-order valence-electron chi connectivity index (χ2n) is 10.8. The topological polar surface area (TPSA) is 91.7 Å². The Morgan fingerprint density at radius 3 is 1.45 bits per heavy atom. The van der Waals surface area contributed by atoms with E-state index in [0.29, 0.717) is 5.33 Å². The standard InChI is InChI=1S/C11H11BrO.C11H12O.C8H7BrO.C3H7BO2.2BrH.Cu/c12-7-11(13)10-3-1-2-9(6-10)8-4-5-8;1-8(12)10-3-2-4-11(7-10)9-5-6-9;1-6(10)7-3-2-4-8(9)5-7;5-4(6)3-1-2-3;;;/h1-3,6,8H,4-5,7H2;2-4,7,9H,5-6H2,1H3;2-5H,1H3;3,5-6H,1-2H2;2*1H;/q;;;;;;+2/p-2. The van der Waals surface area contributed by atoms with E-state index in [1.54, 1.807) is 19.9 Å². The Hall–Kier alpha value is -0.906. The normalized spacial score (nSPS) is 14.5. The number of carbonyl (C=O) groups is 3. The zero-order valence-corrected chi connectivity index (χ0v) is 31.9. The van der Waals surface area contributed by atoms with E-state index >= 15 is 0 Å². The van der Waals surface area contributed by atoms with Crippen LogP contribution in [0.5, 0.6) is 0 Å². The molecular weight excluding hydrogens is 870 g/mol. The van der Waals surface area contributed by atoms with Gasteiger partial charge in [0.25, 0.3) is 0 Å². The first-order chi connectivity index (χ1) is 21.0. The molecule has 2 N–H and O–H groups in total. The van der Waals surface area contributed by atoms with E-state index in [1.807, 2.05) is 54.6 Å². The van der Waals surface area contributed by atoms with Crippen LogP contribution in [-0.4, -0.2) is 39.8 Å². The van der Waals surface area contributed by atoms with E-state index in [9.17, 15) is 14.4 Å². The van der Waals surface area contributed by atoms with Crippen LogP contribution in [0.3, 0.4) is 0 Å². The van der Waals surface area contributed by atoms with E-state index in [4.69, 9.17) is 10.0 Å². The molecule has 3 saturated carbocycles. The molecule has 11 heteroatoms. The Morgan fingerprint density at radius 1 is 0.727 bits per heavy atom. The quantitative estimate of drug-likeness (QED) is 0.140. The summed E-state index contributed by atoms with van der Waals surface area (Å²) in [5, 5.41) is 16.9. The van der Waals surface area contributed by atoms with E-state index < -0.39 is 7.12 Å². The number of rotatable bonds is 7. The molecule has 0 aromatic heterocycles. The molecule has 3 fully saturated rings. The van der Waals surface area contributed by atoms with Crippen molar-refractivity contribution in [2.75, 3.05) is 5.33 Å². The summed E-state index contributed by atoms with van der Waals surface area (Å²) in [7, 11) is -1.04.